The molecule has 14 heteroatoms. The zero-order valence-electron chi connectivity index (χ0n) is 19.3. The number of hydrogen-bond acceptors (Lipinski definition) is 8. The van der Waals surface area contributed by atoms with Crippen molar-refractivity contribution in [3.05, 3.63) is 79.9 Å². The van der Waals surface area contributed by atoms with Crippen molar-refractivity contribution in [2.24, 2.45) is 23.7 Å². The average Bonchev–Trinajstić information content (AvgIpc) is 3.51. The fourth-order valence-electron chi connectivity index (χ4n) is 5.68. The molecule has 38 heavy (non-hydrogen) atoms. The van der Waals surface area contributed by atoms with Crippen molar-refractivity contribution in [2.75, 3.05) is 6.54 Å². The maximum atomic E-state index is 13.6. The molecule has 0 radical (unpaired) electrons. The minimum Gasteiger partial charge on any atom is -0.292 e. The van der Waals surface area contributed by atoms with Crippen LogP contribution in [0.1, 0.15) is 27.1 Å². The molecule has 1 heterocycles. The molecule has 196 valence electrons. The number of rotatable bonds is 7. The summed E-state index contributed by atoms with van der Waals surface area (Å²) in [6.07, 6.45) is 0.671. The van der Waals surface area contributed by atoms with Gasteiger partial charge in [0.15, 0.2) is 5.78 Å². The number of benzene rings is 2. The maximum absolute atomic E-state index is 13.6. The summed E-state index contributed by atoms with van der Waals surface area (Å²) >= 11 is 7.21. The number of Topliss-reactive ketones (excluding diaryl/α,β-unsaturated/α-hetero) is 1. The molecule has 2 aromatic carbocycles. The molecule has 6 atom stereocenters. The van der Waals surface area contributed by atoms with Gasteiger partial charge in [-0.1, -0.05) is 31.9 Å². The Morgan fingerprint density at radius 1 is 0.816 bits per heavy atom. The van der Waals surface area contributed by atoms with Crippen LogP contribution in [-0.2, 0) is 9.59 Å². The Bertz CT molecular complexity index is 1350. The highest BCUT2D eigenvalue weighted by Crippen LogP contribution is 2.60. The molecule has 2 aliphatic carbocycles. The summed E-state index contributed by atoms with van der Waals surface area (Å²) in [6, 6.07) is 9.30. The first-order valence-electron chi connectivity index (χ1n) is 11.5. The third kappa shape index (κ3) is 4.11. The van der Waals surface area contributed by atoms with E-state index < -0.39 is 51.7 Å². The van der Waals surface area contributed by atoms with E-state index in [1.54, 1.807) is 0 Å². The quantitative estimate of drug-likeness (QED) is 0.145. The van der Waals surface area contributed by atoms with E-state index in [2.05, 4.69) is 31.9 Å². The molecular formula is C24H18Br2N4O8. The number of carbonyl (C=O) groups excluding carboxylic acids is 4. The van der Waals surface area contributed by atoms with Gasteiger partial charge in [-0.2, -0.15) is 5.01 Å². The van der Waals surface area contributed by atoms with E-state index in [-0.39, 0.29) is 44.0 Å². The van der Waals surface area contributed by atoms with Gasteiger partial charge in [0.2, 0.25) is 0 Å². The van der Waals surface area contributed by atoms with Gasteiger partial charge in [0, 0.05) is 45.0 Å². The molecule has 2 bridgehead atoms. The monoisotopic (exact) mass is 648 g/mol. The topological polar surface area (TPSA) is 161 Å². The summed E-state index contributed by atoms with van der Waals surface area (Å²) in [4.78, 5) is 74.6. The molecule has 3 amide bonds. The van der Waals surface area contributed by atoms with E-state index >= 15 is 0 Å². The standard InChI is InChI=1S/C24H18Br2N4O8/c25-20-15-9-16(21(20)26)19-18(15)23(33)28(24(19)34)27(22(32)12-3-7-14(8-4-12)30(37)38)10-17(31)11-1-5-13(6-2-11)29(35)36/h1-8,15-16,18-21H,9-10H2/t15-,16-,18-,19+,20+,21+/m1/s1. The van der Waals surface area contributed by atoms with Crippen LogP contribution in [0, 0.1) is 43.9 Å². The number of hydrazine groups is 1. The lowest BCUT2D eigenvalue weighted by molar-refractivity contribution is -0.385. The second kappa shape index (κ2) is 9.66. The Labute approximate surface area is 231 Å². The largest absolute Gasteiger partial charge is 0.292 e. The molecule has 1 aliphatic heterocycles. The molecule has 0 unspecified atom stereocenters. The van der Waals surface area contributed by atoms with Crippen molar-refractivity contribution in [2.45, 2.75) is 16.1 Å². The van der Waals surface area contributed by atoms with E-state index in [1.807, 2.05) is 0 Å². The van der Waals surface area contributed by atoms with Gasteiger partial charge in [0.05, 0.1) is 21.7 Å². The molecule has 3 fully saturated rings. The maximum Gasteiger partial charge on any atom is 0.273 e. The Morgan fingerprint density at radius 3 is 1.66 bits per heavy atom. The molecule has 2 aromatic rings. The highest BCUT2D eigenvalue weighted by Gasteiger charge is 2.67. The summed E-state index contributed by atoms with van der Waals surface area (Å²) in [6.45, 7) is -0.699. The van der Waals surface area contributed by atoms with Crippen LogP contribution in [0.3, 0.4) is 0 Å². The number of fused-ring (bicyclic) bond motifs is 5. The van der Waals surface area contributed by atoms with E-state index in [1.165, 1.54) is 24.3 Å². The predicted octanol–water partition coefficient (Wildman–Crippen LogP) is 3.52. The molecule has 0 aromatic heterocycles. The summed E-state index contributed by atoms with van der Waals surface area (Å²) < 4.78 is 0. The molecular weight excluding hydrogens is 632 g/mol. The normalized spacial score (nSPS) is 27.4. The third-order valence-electron chi connectivity index (χ3n) is 7.46. The Kier molecular flexibility index (Phi) is 6.63. The lowest BCUT2D eigenvalue weighted by atomic mass is 9.81. The Balaban J connectivity index is 1.49. The minimum absolute atomic E-state index is 0.0361. The summed E-state index contributed by atoms with van der Waals surface area (Å²) in [7, 11) is 0. The van der Waals surface area contributed by atoms with Gasteiger partial charge in [-0.25, -0.2) is 5.01 Å². The van der Waals surface area contributed by atoms with Crippen LogP contribution in [0.5, 0.6) is 0 Å². The smallest absolute Gasteiger partial charge is 0.273 e. The van der Waals surface area contributed by atoms with E-state index in [9.17, 15) is 39.4 Å². The number of hydrogen-bond donors (Lipinski definition) is 0. The highest BCUT2D eigenvalue weighted by molar-refractivity contribution is 9.12. The number of carbonyl (C=O) groups is 4. The second-order valence-electron chi connectivity index (χ2n) is 9.39. The molecule has 5 rings (SSSR count). The van der Waals surface area contributed by atoms with Gasteiger partial charge in [-0.05, 0) is 42.5 Å². The van der Waals surface area contributed by atoms with Gasteiger partial charge in [0.25, 0.3) is 29.1 Å². The lowest BCUT2D eigenvalue weighted by Crippen LogP contribution is -2.52. The zero-order chi connectivity index (χ0) is 27.5. The Hall–Kier alpha value is -3.52. The van der Waals surface area contributed by atoms with Crippen LogP contribution in [0.15, 0.2) is 48.5 Å². The molecule has 1 saturated heterocycles. The number of nitrogens with zero attached hydrogens (tertiary/aromatic N) is 4. The molecule has 12 nitrogen and oxygen atoms in total. The van der Waals surface area contributed by atoms with Crippen LogP contribution in [-0.4, -0.2) is 59.6 Å². The Morgan fingerprint density at radius 2 is 1.24 bits per heavy atom. The van der Waals surface area contributed by atoms with Crippen LogP contribution < -0.4 is 0 Å². The number of halogens is 2. The average molecular weight is 650 g/mol. The third-order valence-corrected chi connectivity index (χ3v) is 10.7. The fourth-order valence-corrected chi connectivity index (χ4v) is 7.55. The van der Waals surface area contributed by atoms with Gasteiger partial charge >= 0.3 is 0 Å². The zero-order valence-corrected chi connectivity index (χ0v) is 22.5. The highest BCUT2D eigenvalue weighted by atomic mass is 79.9. The van der Waals surface area contributed by atoms with E-state index in [0.717, 1.165) is 34.3 Å². The number of nitro groups is 2. The first kappa shape index (κ1) is 26.1. The lowest BCUT2D eigenvalue weighted by Gasteiger charge is -2.30. The van der Waals surface area contributed by atoms with Crippen molar-refractivity contribution in [3.63, 3.8) is 0 Å². The predicted molar refractivity (Wildman–Crippen MR) is 137 cm³/mol. The van der Waals surface area contributed by atoms with Gasteiger partial charge < -0.3 is 0 Å². The van der Waals surface area contributed by atoms with E-state index in [0.29, 0.717) is 6.42 Å². The van der Waals surface area contributed by atoms with Gasteiger partial charge in [-0.15, -0.1) is 0 Å². The van der Waals surface area contributed by atoms with Gasteiger partial charge in [0.1, 0.15) is 6.54 Å². The SMILES string of the molecule is O=C(CN(C(=O)c1ccc([N+](=O)[O-])cc1)N1C(=O)[C@@H]2[C@H]3C[C@@H]([C@H](Br)[C@H]3Br)[C@@H]2C1=O)c1ccc([N+](=O)[O-])cc1. The number of amides is 3. The van der Waals surface area contributed by atoms with Crippen LogP contribution in [0.25, 0.3) is 0 Å². The number of non-ortho nitro benzene ring substituents is 2. The van der Waals surface area contributed by atoms with Crippen LogP contribution >= 0.6 is 31.9 Å². The van der Waals surface area contributed by atoms with Crippen molar-refractivity contribution in [1.82, 2.24) is 10.0 Å². The fraction of sp³-hybridized carbons (Fsp3) is 0.333. The first-order chi connectivity index (χ1) is 18.0. The van der Waals surface area contributed by atoms with Crippen LogP contribution in [0.2, 0.25) is 0 Å². The summed E-state index contributed by atoms with van der Waals surface area (Å²) in [5, 5.41) is 23.5. The summed E-state index contributed by atoms with van der Waals surface area (Å²) in [5.41, 5.74) is -0.523. The number of nitro benzene ring substituents is 2. The minimum atomic E-state index is -0.866. The molecule has 3 aliphatic rings. The molecule has 0 spiro atoms. The molecule has 2 saturated carbocycles. The summed E-state index contributed by atoms with van der Waals surface area (Å²) in [5.74, 6) is -4.23. The van der Waals surface area contributed by atoms with E-state index in [4.69, 9.17) is 0 Å². The van der Waals surface area contributed by atoms with Crippen molar-refractivity contribution in [3.8, 4) is 0 Å². The van der Waals surface area contributed by atoms with Crippen LogP contribution in [0.4, 0.5) is 11.4 Å². The van der Waals surface area contributed by atoms with Crippen molar-refractivity contribution < 1.29 is 29.0 Å². The first-order valence-corrected chi connectivity index (χ1v) is 13.3. The number of imide groups is 1. The second-order valence-corrected chi connectivity index (χ2v) is 11.5. The van der Waals surface area contributed by atoms with Crippen molar-refractivity contribution in [1.29, 1.82) is 0 Å². The van der Waals surface area contributed by atoms with Crippen molar-refractivity contribution >= 4 is 66.7 Å². The number of alkyl halides is 2. The van der Waals surface area contributed by atoms with Gasteiger partial charge in [-0.3, -0.25) is 39.4 Å². The molecule has 0 N–H and O–H groups in total. The number of ketones is 1.